The maximum Gasteiger partial charge on any atom is 0.236 e. The van der Waals surface area contributed by atoms with E-state index in [-0.39, 0.29) is 11.7 Å². The molecule has 5 heteroatoms. The number of fused-ring (bicyclic) bond motifs is 1. The zero-order chi connectivity index (χ0) is 14.2. The summed E-state index contributed by atoms with van der Waals surface area (Å²) >= 11 is 0. The average Bonchev–Trinajstić information content (AvgIpc) is 3.14. The Kier molecular flexibility index (Phi) is 2.64. The van der Waals surface area contributed by atoms with E-state index in [1.54, 1.807) is 18.2 Å². The van der Waals surface area contributed by atoms with Gasteiger partial charge in [0.05, 0.1) is 5.92 Å². The fourth-order valence-electron chi connectivity index (χ4n) is 2.64. The van der Waals surface area contributed by atoms with E-state index in [4.69, 9.17) is 4.52 Å². The Bertz CT molecular complexity index is 797. The van der Waals surface area contributed by atoms with E-state index in [2.05, 4.69) is 21.5 Å². The van der Waals surface area contributed by atoms with Crippen molar-refractivity contribution in [2.45, 2.75) is 5.92 Å². The van der Waals surface area contributed by atoms with E-state index in [0.717, 1.165) is 17.8 Å². The van der Waals surface area contributed by atoms with Crippen LogP contribution in [0.25, 0.3) is 11.4 Å². The van der Waals surface area contributed by atoms with E-state index in [1.165, 1.54) is 5.56 Å². The predicted molar refractivity (Wildman–Crippen MR) is 78.2 cm³/mol. The summed E-state index contributed by atoms with van der Waals surface area (Å²) in [4.78, 5) is 4.47. The minimum absolute atomic E-state index is 0.0692. The Morgan fingerprint density at radius 2 is 2.05 bits per heavy atom. The highest BCUT2D eigenvalue weighted by Gasteiger charge is 2.28. The molecular formula is C16H13N3O2. The van der Waals surface area contributed by atoms with Gasteiger partial charge in [-0.25, -0.2) is 0 Å². The third-order valence-corrected chi connectivity index (χ3v) is 3.68. The van der Waals surface area contributed by atoms with Crippen molar-refractivity contribution in [1.29, 1.82) is 0 Å². The van der Waals surface area contributed by atoms with Crippen LogP contribution in [0.3, 0.4) is 0 Å². The summed E-state index contributed by atoms with van der Waals surface area (Å²) in [7, 11) is 0. The highest BCUT2D eigenvalue weighted by atomic mass is 16.5. The van der Waals surface area contributed by atoms with Gasteiger partial charge in [-0.2, -0.15) is 4.98 Å². The molecule has 1 aliphatic heterocycles. The standard InChI is InChI=1S/C16H13N3O2/c20-11-5-3-4-10(8-11)15-18-16(21-19-15)13-9-17-14-7-2-1-6-12(13)14/h1-8,13,17,20H,9H2. The minimum Gasteiger partial charge on any atom is -0.508 e. The highest BCUT2D eigenvalue weighted by Crippen LogP contribution is 2.35. The van der Waals surface area contributed by atoms with Crippen LogP contribution >= 0.6 is 0 Å². The number of aromatic hydroxyl groups is 1. The van der Waals surface area contributed by atoms with Crippen LogP contribution in [-0.4, -0.2) is 21.8 Å². The number of anilines is 1. The maximum atomic E-state index is 9.53. The number of phenols is 1. The fourth-order valence-corrected chi connectivity index (χ4v) is 2.64. The number of phenolic OH excluding ortho intramolecular Hbond substituents is 1. The van der Waals surface area contributed by atoms with E-state index in [1.807, 2.05) is 24.3 Å². The van der Waals surface area contributed by atoms with Crippen LogP contribution in [0, 0.1) is 0 Å². The molecule has 1 atom stereocenters. The average molecular weight is 279 g/mol. The monoisotopic (exact) mass is 279 g/mol. The van der Waals surface area contributed by atoms with Crippen molar-refractivity contribution >= 4 is 5.69 Å². The first-order valence-corrected chi connectivity index (χ1v) is 6.77. The van der Waals surface area contributed by atoms with Gasteiger partial charge in [-0.05, 0) is 23.8 Å². The van der Waals surface area contributed by atoms with E-state index in [9.17, 15) is 5.11 Å². The second-order valence-electron chi connectivity index (χ2n) is 5.03. The van der Waals surface area contributed by atoms with Gasteiger partial charge in [0.2, 0.25) is 11.7 Å². The number of nitrogens with zero attached hydrogens (tertiary/aromatic N) is 2. The first kappa shape index (κ1) is 12.0. The summed E-state index contributed by atoms with van der Waals surface area (Å²) in [6.07, 6.45) is 0. The van der Waals surface area contributed by atoms with Gasteiger partial charge in [-0.1, -0.05) is 35.5 Å². The van der Waals surface area contributed by atoms with Crippen LogP contribution < -0.4 is 5.32 Å². The molecule has 0 fully saturated rings. The van der Waals surface area contributed by atoms with Crippen molar-refractivity contribution in [3.05, 3.63) is 60.0 Å². The topological polar surface area (TPSA) is 71.2 Å². The van der Waals surface area contributed by atoms with Gasteiger partial charge < -0.3 is 14.9 Å². The van der Waals surface area contributed by atoms with Gasteiger partial charge in [-0.15, -0.1) is 0 Å². The zero-order valence-corrected chi connectivity index (χ0v) is 11.2. The molecule has 0 bridgehead atoms. The van der Waals surface area contributed by atoms with Crippen LogP contribution in [0.15, 0.2) is 53.1 Å². The molecule has 0 spiro atoms. The molecule has 0 saturated heterocycles. The Balaban J connectivity index is 1.70. The molecule has 0 radical (unpaired) electrons. The molecule has 1 unspecified atom stereocenters. The van der Waals surface area contributed by atoms with Crippen molar-refractivity contribution in [3.8, 4) is 17.1 Å². The molecule has 1 aromatic heterocycles. The molecule has 104 valence electrons. The quantitative estimate of drug-likeness (QED) is 0.754. The molecule has 0 amide bonds. The van der Waals surface area contributed by atoms with Gasteiger partial charge in [0, 0.05) is 17.8 Å². The summed E-state index contributed by atoms with van der Waals surface area (Å²) < 4.78 is 5.42. The van der Waals surface area contributed by atoms with Gasteiger partial charge in [-0.3, -0.25) is 0 Å². The smallest absolute Gasteiger partial charge is 0.236 e. The van der Waals surface area contributed by atoms with Crippen LogP contribution in [0.1, 0.15) is 17.4 Å². The normalized spacial score (nSPS) is 16.5. The maximum absolute atomic E-state index is 9.53. The molecule has 3 aromatic rings. The third kappa shape index (κ3) is 2.03. The lowest BCUT2D eigenvalue weighted by Crippen LogP contribution is -2.04. The zero-order valence-electron chi connectivity index (χ0n) is 11.2. The number of para-hydroxylation sites is 1. The van der Waals surface area contributed by atoms with Crippen molar-refractivity contribution in [1.82, 2.24) is 10.1 Å². The molecule has 4 rings (SSSR count). The molecule has 2 heterocycles. The SMILES string of the molecule is Oc1cccc(-c2noc(C3CNc4ccccc43)n2)c1. The van der Waals surface area contributed by atoms with Crippen LogP contribution in [-0.2, 0) is 0 Å². The summed E-state index contributed by atoms with van der Waals surface area (Å²) in [5, 5.41) is 16.9. The summed E-state index contributed by atoms with van der Waals surface area (Å²) in [5.41, 5.74) is 3.02. The van der Waals surface area contributed by atoms with E-state index in [0.29, 0.717) is 11.7 Å². The minimum atomic E-state index is 0.0692. The first-order chi connectivity index (χ1) is 10.3. The third-order valence-electron chi connectivity index (χ3n) is 3.68. The van der Waals surface area contributed by atoms with Crippen LogP contribution in [0.2, 0.25) is 0 Å². The fraction of sp³-hybridized carbons (Fsp3) is 0.125. The molecule has 1 aliphatic rings. The number of aromatic nitrogens is 2. The van der Waals surface area contributed by atoms with E-state index < -0.39 is 0 Å². The van der Waals surface area contributed by atoms with Crippen molar-refractivity contribution in [2.24, 2.45) is 0 Å². The Labute approximate surface area is 121 Å². The molecular weight excluding hydrogens is 266 g/mol. The summed E-state index contributed by atoms with van der Waals surface area (Å²) in [6.45, 7) is 0.751. The van der Waals surface area contributed by atoms with E-state index >= 15 is 0 Å². The van der Waals surface area contributed by atoms with Crippen molar-refractivity contribution < 1.29 is 9.63 Å². The van der Waals surface area contributed by atoms with Crippen molar-refractivity contribution in [3.63, 3.8) is 0 Å². The second-order valence-corrected chi connectivity index (χ2v) is 5.03. The Morgan fingerprint density at radius 3 is 2.95 bits per heavy atom. The van der Waals surface area contributed by atoms with Gasteiger partial charge >= 0.3 is 0 Å². The van der Waals surface area contributed by atoms with Gasteiger partial charge in [0.1, 0.15) is 5.75 Å². The lowest BCUT2D eigenvalue weighted by atomic mass is 10.0. The number of hydrogen-bond acceptors (Lipinski definition) is 5. The molecule has 21 heavy (non-hydrogen) atoms. The number of hydrogen-bond donors (Lipinski definition) is 2. The van der Waals surface area contributed by atoms with Crippen LogP contribution in [0.4, 0.5) is 5.69 Å². The first-order valence-electron chi connectivity index (χ1n) is 6.77. The number of nitrogens with one attached hydrogen (secondary N) is 1. The lowest BCUT2D eigenvalue weighted by Gasteiger charge is -2.03. The molecule has 0 saturated carbocycles. The lowest BCUT2D eigenvalue weighted by molar-refractivity contribution is 0.371. The Morgan fingerprint density at radius 1 is 1.14 bits per heavy atom. The van der Waals surface area contributed by atoms with Gasteiger partial charge in [0.25, 0.3) is 0 Å². The molecule has 2 N–H and O–H groups in total. The molecule has 0 aliphatic carbocycles. The van der Waals surface area contributed by atoms with Crippen LogP contribution in [0.5, 0.6) is 5.75 Å². The Hall–Kier alpha value is -2.82. The predicted octanol–water partition coefficient (Wildman–Crippen LogP) is 3.00. The van der Waals surface area contributed by atoms with Gasteiger partial charge in [0.15, 0.2) is 0 Å². The second kappa shape index (κ2) is 4.63. The molecule has 2 aromatic carbocycles. The highest BCUT2D eigenvalue weighted by molar-refractivity contribution is 5.60. The molecule has 5 nitrogen and oxygen atoms in total. The summed E-state index contributed by atoms with van der Waals surface area (Å²) in [6, 6.07) is 14.9. The largest absolute Gasteiger partial charge is 0.508 e. The number of rotatable bonds is 2. The summed E-state index contributed by atoms with van der Waals surface area (Å²) in [5.74, 6) is 1.34. The number of benzene rings is 2. The van der Waals surface area contributed by atoms with Crippen molar-refractivity contribution in [2.75, 3.05) is 11.9 Å².